The third kappa shape index (κ3) is 3.06. The van der Waals surface area contributed by atoms with Crippen LogP contribution in [-0.2, 0) is 4.79 Å². The summed E-state index contributed by atoms with van der Waals surface area (Å²) in [5.41, 5.74) is 1.40. The Labute approximate surface area is 144 Å². The maximum atomic E-state index is 12.7. The fraction of sp³-hybridized carbons (Fsp3) is 0.389. The van der Waals surface area contributed by atoms with Crippen LogP contribution in [0.3, 0.4) is 0 Å². The van der Waals surface area contributed by atoms with E-state index >= 15 is 0 Å². The van der Waals surface area contributed by atoms with Crippen molar-refractivity contribution in [1.82, 2.24) is 10.3 Å². The molecular formula is C18H19N3O2S. The topological polar surface area (TPSA) is 62.3 Å². The van der Waals surface area contributed by atoms with Crippen LogP contribution in [0.4, 0.5) is 5.69 Å². The molecular weight excluding hydrogens is 322 g/mol. The number of carbonyl (C=O) groups is 2. The van der Waals surface area contributed by atoms with Crippen molar-refractivity contribution in [2.45, 2.75) is 31.7 Å². The van der Waals surface area contributed by atoms with Gasteiger partial charge in [0.1, 0.15) is 5.01 Å². The van der Waals surface area contributed by atoms with Crippen LogP contribution in [-0.4, -0.2) is 23.3 Å². The number of anilines is 1. The van der Waals surface area contributed by atoms with Gasteiger partial charge in [-0.2, -0.15) is 0 Å². The molecule has 1 aromatic heterocycles. The van der Waals surface area contributed by atoms with Crippen molar-refractivity contribution in [3.63, 3.8) is 0 Å². The first-order chi connectivity index (χ1) is 11.7. The van der Waals surface area contributed by atoms with Gasteiger partial charge in [-0.05, 0) is 43.4 Å². The largest absolute Gasteiger partial charge is 0.343 e. The van der Waals surface area contributed by atoms with Crippen LogP contribution in [0.2, 0.25) is 0 Å². The maximum absolute atomic E-state index is 12.7. The summed E-state index contributed by atoms with van der Waals surface area (Å²) >= 11 is 1.58. The first-order valence-corrected chi connectivity index (χ1v) is 9.21. The van der Waals surface area contributed by atoms with Gasteiger partial charge in [0.2, 0.25) is 5.91 Å². The molecule has 5 nitrogen and oxygen atoms in total. The number of nitrogens with zero attached hydrogens (tertiary/aromatic N) is 2. The summed E-state index contributed by atoms with van der Waals surface area (Å²) in [6.45, 7) is 0.730. The summed E-state index contributed by atoms with van der Waals surface area (Å²) < 4.78 is 0. The highest BCUT2D eigenvalue weighted by atomic mass is 32.1. The lowest BCUT2D eigenvalue weighted by atomic mass is 10.1. The van der Waals surface area contributed by atoms with Gasteiger partial charge >= 0.3 is 0 Å². The second-order valence-electron chi connectivity index (χ2n) is 6.36. The molecule has 0 bridgehead atoms. The van der Waals surface area contributed by atoms with E-state index in [4.69, 9.17) is 0 Å². The molecule has 6 heteroatoms. The van der Waals surface area contributed by atoms with Gasteiger partial charge in [-0.1, -0.05) is 6.07 Å². The summed E-state index contributed by atoms with van der Waals surface area (Å²) in [6, 6.07) is 7.33. The molecule has 2 fully saturated rings. The normalized spacial score (nSPS) is 18.7. The third-order valence-electron chi connectivity index (χ3n) is 4.59. The molecule has 1 atom stereocenters. The number of aromatic nitrogens is 1. The van der Waals surface area contributed by atoms with Crippen molar-refractivity contribution >= 4 is 28.8 Å². The Morgan fingerprint density at radius 3 is 2.92 bits per heavy atom. The molecule has 2 amide bonds. The standard InChI is InChI=1S/C18H19N3O2S/c22-15-5-2-9-21(15)14-4-1-3-13(11-14)17(23)20-16(12-6-7-12)18-19-8-10-24-18/h1,3-4,8,10-12,16H,2,5-7,9H2,(H,20,23). The lowest BCUT2D eigenvalue weighted by Crippen LogP contribution is -2.30. The smallest absolute Gasteiger partial charge is 0.251 e. The SMILES string of the molecule is O=C(NC(c1nccs1)C1CC1)c1cccc(N2CCCC2=O)c1. The van der Waals surface area contributed by atoms with E-state index in [0.29, 0.717) is 17.9 Å². The Morgan fingerprint density at radius 2 is 2.25 bits per heavy atom. The zero-order chi connectivity index (χ0) is 16.5. The molecule has 1 saturated carbocycles. The van der Waals surface area contributed by atoms with Gasteiger partial charge in [0.05, 0.1) is 6.04 Å². The van der Waals surface area contributed by atoms with E-state index in [1.165, 1.54) is 0 Å². The van der Waals surface area contributed by atoms with Gasteiger partial charge in [0.15, 0.2) is 0 Å². The van der Waals surface area contributed by atoms with Crippen LogP contribution in [0.25, 0.3) is 0 Å². The van der Waals surface area contributed by atoms with Crippen molar-refractivity contribution in [1.29, 1.82) is 0 Å². The van der Waals surface area contributed by atoms with Crippen molar-refractivity contribution in [3.8, 4) is 0 Å². The highest BCUT2D eigenvalue weighted by Gasteiger charge is 2.35. The first kappa shape index (κ1) is 15.3. The average Bonchev–Trinajstić information content (AvgIpc) is 3.11. The van der Waals surface area contributed by atoms with E-state index in [1.54, 1.807) is 28.5 Å². The molecule has 1 unspecified atom stereocenters. The minimum Gasteiger partial charge on any atom is -0.343 e. The van der Waals surface area contributed by atoms with E-state index in [0.717, 1.165) is 36.5 Å². The molecule has 1 aliphatic heterocycles. The van der Waals surface area contributed by atoms with Crippen molar-refractivity contribution in [2.75, 3.05) is 11.4 Å². The zero-order valence-corrected chi connectivity index (χ0v) is 14.1. The zero-order valence-electron chi connectivity index (χ0n) is 13.3. The second-order valence-corrected chi connectivity index (χ2v) is 7.28. The van der Waals surface area contributed by atoms with Gasteiger partial charge in [-0.25, -0.2) is 4.98 Å². The molecule has 1 aromatic carbocycles. The fourth-order valence-electron chi connectivity index (χ4n) is 3.16. The molecule has 2 heterocycles. The second kappa shape index (κ2) is 6.36. The fourth-order valence-corrected chi connectivity index (χ4v) is 3.94. The van der Waals surface area contributed by atoms with Gasteiger partial charge in [-0.3, -0.25) is 9.59 Å². The molecule has 2 aliphatic rings. The first-order valence-electron chi connectivity index (χ1n) is 8.33. The Hall–Kier alpha value is -2.21. The molecule has 1 saturated heterocycles. The number of carbonyl (C=O) groups excluding carboxylic acids is 2. The summed E-state index contributed by atoms with van der Waals surface area (Å²) in [7, 11) is 0. The number of hydrogen-bond donors (Lipinski definition) is 1. The molecule has 4 rings (SSSR count). The Kier molecular flexibility index (Phi) is 4.06. The number of amides is 2. The minimum absolute atomic E-state index is 0.00502. The molecule has 24 heavy (non-hydrogen) atoms. The predicted octanol–water partition coefficient (Wildman–Crippen LogP) is 3.15. The van der Waals surface area contributed by atoms with Crippen molar-refractivity contribution in [3.05, 3.63) is 46.4 Å². The van der Waals surface area contributed by atoms with Crippen LogP contribution in [0.15, 0.2) is 35.8 Å². The van der Waals surface area contributed by atoms with E-state index in [1.807, 2.05) is 23.6 Å². The number of hydrogen-bond acceptors (Lipinski definition) is 4. The van der Waals surface area contributed by atoms with Crippen molar-refractivity contribution < 1.29 is 9.59 Å². The summed E-state index contributed by atoms with van der Waals surface area (Å²) in [5.74, 6) is 0.519. The number of nitrogens with one attached hydrogen (secondary N) is 1. The molecule has 124 valence electrons. The highest BCUT2D eigenvalue weighted by Crippen LogP contribution is 2.41. The molecule has 0 radical (unpaired) electrons. The number of rotatable bonds is 5. The van der Waals surface area contributed by atoms with Gasteiger partial charge < -0.3 is 10.2 Å². The van der Waals surface area contributed by atoms with Crippen LogP contribution in [0.1, 0.15) is 47.1 Å². The van der Waals surface area contributed by atoms with E-state index in [-0.39, 0.29) is 17.9 Å². The summed E-state index contributed by atoms with van der Waals surface area (Å²) in [6.07, 6.45) is 5.51. The Balaban J connectivity index is 1.53. The van der Waals surface area contributed by atoms with Gasteiger partial charge in [-0.15, -0.1) is 11.3 Å². The lowest BCUT2D eigenvalue weighted by molar-refractivity contribution is -0.117. The molecule has 0 spiro atoms. The van der Waals surface area contributed by atoms with Crippen molar-refractivity contribution in [2.24, 2.45) is 5.92 Å². The summed E-state index contributed by atoms with van der Waals surface area (Å²) in [5, 5.41) is 6.04. The Morgan fingerprint density at radius 1 is 1.38 bits per heavy atom. The van der Waals surface area contributed by atoms with Crippen LogP contribution < -0.4 is 10.2 Å². The van der Waals surface area contributed by atoms with Crippen LogP contribution in [0, 0.1) is 5.92 Å². The number of benzene rings is 1. The third-order valence-corrected chi connectivity index (χ3v) is 5.45. The van der Waals surface area contributed by atoms with E-state index < -0.39 is 0 Å². The highest BCUT2D eigenvalue weighted by molar-refractivity contribution is 7.09. The van der Waals surface area contributed by atoms with Gasteiger partial charge in [0, 0.05) is 35.8 Å². The molecule has 1 N–H and O–H groups in total. The van der Waals surface area contributed by atoms with E-state index in [9.17, 15) is 9.59 Å². The minimum atomic E-state index is -0.101. The number of thiazole rings is 1. The lowest BCUT2D eigenvalue weighted by Gasteiger charge is -2.18. The van der Waals surface area contributed by atoms with E-state index in [2.05, 4.69) is 10.3 Å². The monoisotopic (exact) mass is 341 g/mol. The Bertz CT molecular complexity index is 755. The van der Waals surface area contributed by atoms with Crippen LogP contribution in [0.5, 0.6) is 0 Å². The maximum Gasteiger partial charge on any atom is 0.251 e. The van der Waals surface area contributed by atoms with Crippen LogP contribution >= 0.6 is 11.3 Å². The molecule has 2 aromatic rings. The van der Waals surface area contributed by atoms with Gasteiger partial charge in [0.25, 0.3) is 5.91 Å². The predicted molar refractivity (Wildman–Crippen MR) is 93.1 cm³/mol. The quantitative estimate of drug-likeness (QED) is 0.909. The average molecular weight is 341 g/mol. The molecule has 1 aliphatic carbocycles. The summed E-state index contributed by atoms with van der Waals surface area (Å²) in [4.78, 5) is 30.7.